The Morgan fingerprint density at radius 3 is 2.50 bits per heavy atom. The molecule has 0 amide bonds. The Kier molecular flexibility index (Phi) is 4.19. The highest BCUT2D eigenvalue weighted by Gasteiger charge is 2.08. The predicted octanol–water partition coefficient (Wildman–Crippen LogP) is 5.05. The van der Waals surface area contributed by atoms with Gasteiger partial charge in [0.15, 0.2) is 11.6 Å². The maximum atomic E-state index is 13.6. The molecule has 0 N–H and O–H groups in total. The Morgan fingerprint density at radius 2 is 1.78 bits per heavy atom. The average Bonchev–Trinajstić information content (AvgIpc) is 2.35. The van der Waals surface area contributed by atoms with Crippen molar-refractivity contribution in [1.82, 2.24) is 0 Å². The SMILES string of the molecule is Fc1ccc(SCc2cccc(Cl)c2F)cc1F. The van der Waals surface area contributed by atoms with Crippen LogP contribution in [-0.4, -0.2) is 0 Å². The first-order chi connectivity index (χ1) is 8.58. The van der Waals surface area contributed by atoms with Crippen molar-refractivity contribution in [3.8, 4) is 0 Å². The molecule has 0 atom stereocenters. The fraction of sp³-hybridized carbons (Fsp3) is 0.0769. The third-order valence-corrected chi connectivity index (χ3v) is 3.65. The summed E-state index contributed by atoms with van der Waals surface area (Å²) < 4.78 is 39.3. The molecule has 0 radical (unpaired) electrons. The molecule has 5 heteroatoms. The zero-order valence-corrected chi connectivity index (χ0v) is 10.7. The summed E-state index contributed by atoms with van der Waals surface area (Å²) in [6.45, 7) is 0. The molecule has 0 saturated heterocycles. The normalized spacial score (nSPS) is 10.7. The second kappa shape index (κ2) is 5.67. The molecule has 0 nitrogen and oxygen atoms in total. The van der Waals surface area contributed by atoms with Crippen molar-refractivity contribution in [2.45, 2.75) is 10.6 Å². The summed E-state index contributed by atoms with van der Waals surface area (Å²) in [5, 5.41) is 0.0541. The summed E-state index contributed by atoms with van der Waals surface area (Å²) >= 11 is 6.86. The van der Waals surface area contributed by atoms with E-state index in [9.17, 15) is 13.2 Å². The molecule has 2 aromatic carbocycles. The molecule has 18 heavy (non-hydrogen) atoms. The maximum Gasteiger partial charge on any atom is 0.159 e. The highest BCUT2D eigenvalue weighted by Crippen LogP contribution is 2.27. The van der Waals surface area contributed by atoms with E-state index < -0.39 is 17.5 Å². The van der Waals surface area contributed by atoms with Crippen LogP contribution in [0.15, 0.2) is 41.3 Å². The van der Waals surface area contributed by atoms with E-state index in [1.54, 1.807) is 12.1 Å². The lowest BCUT2D eigenvalue weighted by Crippen LogP contribution is -1.89. The monoisotopic (exact) mass is 288 g/mol. The van der Waals surface area contributed by atoms with Crippen LogP contribution in [0.2, 0.25) is 5.02 Å². The Morgan fingerprint density at radius 1 is 1.00 bits per heavy atom. The van der Waals surface area contributed by atoms with E-state index in [0.29, 0.717) is 16.2 Å². The molecule has 0 aliphatic heterocycles. The fourth-order valence-corrected chi connectivity index (χ4v) is 2.48. The largest absolute Gasteiger partial charge is 0.205 e. The van der Waals surface area contributed by atoms with Crippen LogP contribution in [0.1, 0.15) is 5.56 Å². The lowest BCUT2D eigenvalue weighted by Gasteiger charge is -2.05. The minimum absolute atomic E-state index is 0.0541. The van der Waals surface area contributed by atoms with Crippen LogP contribution in [0.25, 0.3) is 0 Å². The van der Waals surface area contributed by atoms with Gasteiger partial charge < -0.3 is 0 Å². The van der Waals surface area contributed by atoms with Gasteiger partial charge in [0.25, 0.3) is 0 Å². The summed E-state index contributed by atoms with van der Waals surface area (Å²) in [6, 6.07) is 8.29. The number of halogens is 4. The second-order valence-corrected chi connectivity index (χ2v) is 5.03. The highest BCUT2D eigenvalue weighted by molar-refractivity contribution is 7.98. The Bertz CT molecular complexity index is 572. The summed E-state index contributed by atoms with van der Waals surface area (Å²) in [5.41, 5.74) is 0.428. The van der Waals surface area contributed by atoms with Gasteiger partial charge in [0.2, 0.25) is 0 Å². The topological polar surface area (TPSA) is 0 Å². The minimum atomic E-state index is -0.911. The first-order valence-electron chi connectivity index (χ1n) is 5.08. The average molecular weight is 289 g/mol. The van der Waals surface area contributed by atoms with Crippen LogP contribution in [0.5, 0.6) is 0 Å². The molecule has 0 heterocycles. The van der Waals surface area contributed by atoms with E-state index in [1.807, 2.05) is 0 Å². The van der Waals surface area contributed by atoms with Gasteiger partial charge in [-0.15, -0.1) is 11.8 Å². The van der Waals surface area contributed by atoms with E-state index in [0.717, 1.165) is 12.1 Å². The van der Waals surface area contributed by atoms with Crippen molar-refractivity contribution in [3.63, 3.8) is 0 Å². The standard InChI is InChI=1S/C13H8ClF3S/c14-10-3-1-2-8(13(10)17)7-18-9-4-5-11(15)12(16)6-9/h1-6H,7H2. The third kappa shape index (κ3) is 3.00. The number of benzene rings is 2. The second-order valence-electron chi connectivity index (χ2n) is 3.58. The van der Waals surface area contributed by atoms with Crippen molar-refractivity contribution in [3.05, 3.63) is 64.4 Å². The summed E-state index contributed by atoms with van der Waals surface area (Å²) in [7, 11) is 0. The van der Waals surface area contributed by atoms with Crippen molar-refractivity contribution in [2.24, 2.45) is 0 Å². The zero-order valence-electron chi connectivity index (χ0n) is 9.09. The molecule has 2 aromatic rings. The predicted molar refractivity (Wildman–Crippen MR) is 67.3 cm³/mol. The molecule has 0 spiro atoms. The summed E-state index contributed by atoms with van der Waals surface area (Å²) in [6.07, 6.45) is 0. The zero-order chi connectivity index (χ0) is 13.1. The van der Waals surface area contributed by atoms with E-state index >= 15 is 0 Å². The maximum absolute atomic E-state index is 13.6. The quantitative estimate of drug-likeness (QED) is 0.712. The van der Waals surface area contributed by atoms with Gasteiger partial charge in [-0.3, -0.25) is 0 Å². The number of thioether (sulfide) groups is 1. The van der Waals surface area contributed by atoms with Crippen molar-refractivity contribution in [2.75, 3.05) is 0 Å². The smallest absolute Gasteiger partial charge is 0.159 e. The molecule has 0 saturated carbocycles. The van der Waals surface area contributed by atoms with Gasteiger partial charge >= 0.3 is 0 Å². The molecular weight excluding hydrogens is 281 g/mol. The van der Waals surface area contributed by atoms with Crippen LogP contribution >= 0.6 is 23.4 Å². The lowest BCUT2D eigenvalue weighted by molar-refractivity contribution is 0.506. The van der Waals surface area contributed by atoms with Gasteiger partial charge in [0, 0.05) is 10.6 Å². The minimum Gasteiger partial charge on any atom is -0.205 e. The van der Waals surface area contributed by atoms with E-state index in [2.05, 4.69) is 0 Å². The van der Waals surface area contributed by atoms with Gasteiger partial charge in [0.05, 0.1) is 5.02 Å². The van der Waals surface area contributed by atoms with Gasteiger partial charge in [-0.2, -0.15) is 0 Å². The number of hydrogen-bond donors (Lipinski definition) is 0. The Labute approximate surface area is 112 Å². The lowest BCUT2D eigenvalue weighted by atomic mass is 10.2. The Balaban J connectivity index is 2.11. The van der Waals surface area contributed by atoms with Gasteiger partial charge in [0.1, 0.15) is 5.82 Å². The summed E-state index contributed by atoms with van der Waals surface area (Å²) in [5.74, 6) is -1.98. The highest BCUT2D eigenvalue weighted by atomic mass is 35.5. The number of rotatable bonds is 3. The molecule has 0 bridgehead atoms. The Hall–Kier alpha value is -1.13. The van der Waals surface area contributed by atoms with Crippen LogP contribution in [0, 0.1) is 17.5 Å². The first-order valence-corrected chi connectivity index (χ1v) is 6.45. The number of hydrogen-bond acceptors (Lipinski definition) is 1. The van der Waals surface area contributed by atoms with Crippen LogP contribution in [0.4, 0.5) is 13.2 Å². The molecule has 2 rings (SSSR count). The van der Waals surface area contributed by atoms with Gasteiger partial charge in [-0.1, -0.05) is 23.7 Å². The first kappa shape index (κ1) is 13.3. The molecule has 0 aliphatic carbocycles. The van der Waals surface area contributed by atoms with Gasteiger partial charge in [-0.05, 0) is 29.8 Å². The van der Waals surface area contributed by atoms with Crippen LogP contribution < -0.4 is 0 Å². The van der Waals surface area contributed by atoms with E-state index in [4.69, 9.17) is 11.6 Å². The van der Waals surface area contributed by atoms with Crippen LogP contribution in [-0.2, 0) is 5.75 Å². The third-order valence-electron chi connectivity index (χ3n) is 2.32. The molecule has 0 unspecified atom stereocenters. The fourth-order valence-electron chi connectivity index (χ4n) is 1.39. The van der Waals surface area contributed by atoms with Crippen molar-refractivity contribution >= 4 is 23.4 Å². The van der Waals surface area contributed by atoms with E-state index in [1.165, 1.54) is 23.9 Å². The molecular formula is C13H8ClF3S. The molecule has 0 aromatic heterocycles. The van der Waals surface area contributed by atoms with E-state index in [-0.39, 0.29) is 5.02 Å². The molecule has 0 aliphatic rings. The molecule has 94 valence electrons. The van der Waals surface area contributed by atoms with Crippen molar-refractivity contribution < 1.29 is 13.2 Å². The van der Waals surface area contributed by atoms with Crippen LogP contribution in [0.3, 0.4) is 0 Å². The van der Waals surface area contributed by atoms with Gasteiger partial charge in [-0.25, -0.2) is 13.2 Å². The molecule has 0 fully saturated rings. The van der Waals surface area contributed by atoms with Crippen molar-refractivity contribution in [1.29, 1.82) is 0 Å². The summed E-state index contributed by atoms with van der Waals surface area (Å²) in [4.78, 5) is 0.535.